The zero-order valence-electron chi connectivity index (χ0n) is 12.9. The van der Waals surface area contributed by atoms with Gasteiger partial charge in [0.1, 0.15) is 12.1 Å². The molecule has 2 aliphatic heterocycles. The highest BCUT2D eigenvalue weighted by Crippen LogP contribution is 2.36. The van der Waals surface area contributed by atoms with Gasteiger partial charge < -0.3 is 15.0 Å². The van der Waals surface area contributed by atoms with Crippen molar-refractivity contribution in [2.45, 2.75) is 77.1 Å². The van der Waals surface area contributed by atoms with Crippen LogP contribution in [0.3, 0.4) is 0 Å². The predicted molar refractivity (Wildman–Crippen MR) is 76.2 cm³/mol. The number of hydrogen-bond donors (Lipinski definition) is 1. The Balaban J connectivity index is 2.34. The molecule has 2 rings (SSSR count). The van der Waals surface area contributed by atoms with Crippen LogP contribution in [-0.2, 0) is 14.3 Å². The van der Waals surface area contributed by atoms with Crippen LogP contribution >= 0.6 is 0 Å². The molecule has 5 heteroatoms. The SMILES string of the molecule is CCCC1NC(=O)C(CC)N(C2(C)CCOC2C)C1=O. The Morgan fingerprint density at radius 3 is 2.60 bits per heavy atom. The van der Waals surface area contributed by atoms with E-state index < -0.39 is 0 Å². The van der Waals surface area contributed by atoms with Crippen LogP contribution in [0.1, 0.15) is 53.4 Å². The fraction of sp³-hybridized carbons (Fsp3) is 0.867. The fourth-order valence-corrected chi connectivity index (χ4v) is 3.37. The first-order valence-electron chi connectivity index (χ1n) is 7.70. The Kier molecular flexibility index (Phi) is 4.37. The van der Waals surface area contributed by atoms with Gasteiger partial charge in [-0.2, -0.15) is 0 Å². The Bertz CT molecular complexity index is 399. The van der Waals surface area contributed by atoms with Crippen LogP contribution in [0.5, 0.6) is 0 Å². The number of ether oxygens (including phenoxy) is 1. The minimum absolute atomic E-state index is 0.0223. The van der Waals surface area contributed by atoms with Crippen LogP contribution in [0.4, 0.5) is 0 Å². The average molecular weight is 282 g/mol. The molecule has 4 atom stereocenters. The third-order valence-corrected chi connectivity index (χ3v) is 4.83. The fourth-order valence-electron chi connectivity index (χ4n) is 3.37. The van der Waals surface area contributed by atoms with Gasteiger partial charge in [-0.1, -0.05) is 20.3 Å². The Hall–Kier alpha value is -1.10. The smallest absolute Gasteiger partial charge is 0.246 e. The van der Waals surface area contributed by atoms with Crippen LogP contribution in [-0.4, -0.2) is 47.0 Å². The van der Waals surface area contributed by atoms with Crippen LogP contribution in [0.15, 0.2) is 0 Å². The number of carbonyl (C=O) groups excluding carboxylic acids is 2. The van der Waals surface area contributed by atoms with Crippen LogP contribution in [0.2, 0.25) is 0 Å². The summed E-state index contributed by atoms with van der Waals surface area (Å²) in [6.07, 6.45) is 2.97. The zero-order valence-corrected chi connectivity index (χ0v) is 12.9. The van der Waals surface area contributed by atoms with E-state index in [4.69, 9.17) is 4.74 Å². The third kappa shape index (κ3) is 2.32. The molecule has 0 aromatic heterocycles. The van der Waals surface area contributed by atoms with E-state index in [1.165, 1.54) is 0 Å². The molecular weight excluding hydrogens is 256 g/mol. The molecule has 20 heavy (non-hydrogen) atoms. The molecular formula is C15H26N2O3. The summed E-state index contributed by atoms with van der Waals surface area (Å²) in [7, 11) is 0. The minimum atomic E-state index is -0.375. The first-order valence-corrected chi connectivity index (χ1v) is 7.70. The van der Waals surface area contributed by atoms with Crippen molar-refractivity contribution in [3.05, 3.63) is 0 Å². The zero-order chi connectivity index (χ0) is 14.9. The number of nitrogens with one attached hydrogen (secondary N) is 1. The molecule has 114 valence electrons. The average Bonchev–Trinajstić information content (AvgIpc) is 2.74. The number of hydrogen-bond acceptors (Lipinski definition) is 3. The Labute approximate surface area is 121 Å². The maximum Gasteiger partial charge on any atom is 0.246 e. The summed E-state index contributed by atoms with van der Waals surface area (Å²) in [5.74, 6) is 0.0315. The molecule has 1 N–H and O–H groups in total. The molecule has 0 aromatic carbocycles. The van der Waals surface area contributed by atoms with Gasteiger partial charge in [0, 0.05) is 6.61 Å². The van der Waals surface area contributed by atoms with Gasteiger partial charge >= 0.3 is 0 Å². The first kappa shape index (κ1) is 15.3. The minimum Gasteiger partial charge on any atom is -0.376 e. The van der Waals surface area contributed by atoms with Gasteiger partial charge in [0.15, 0.2) is 0 Å². The second kappa shape index (κ2) is 5.72. The summed E-state index contributed by atoms with van der Waals surface area (Å²) >= 11 is 0. The van der Waals surface area contributed by atoms with Gasteiger partial charge in [-0.3, -0.25) is 9.59 Å². The standard InChI is InChI=1S/C15H26N2O3/c1-5-7-11-14(19)17(12(6-2)13(18)16-11)15(4)8-9-20-10(15)3/h10-12H,5-9H2,1-4H3,(H,16,18). The van der Waals surface area contributed by atoms with Crippen molar-refractivity contribution < 1.29 is 14.3 Å². The van der Waals surface area contributed by atoms with Crippen LogP contribution < -0.4 is 5.32 Å². The van der Waals surface area contributed by atoms with Crippen molar-refractivity contribution in [3.63, 3.8) is 0 Å². The van der Waals surface area contributed by atoms with E-state index >= 15 is 0 Å². The largest absolute Gasteiger partial charge is 0.376 e. The van der Waals surface area contributed by atoms with Gasteiger partial charge in [0.25, 0.3) is 0 Å². The van der Waals surface area contributed by atoms with Crippen molar-refractivity contribution in [3.8, 4) is 0 Å². The van der Waals surface area contributed by atoms with Crippen molar-refractivity contribution >= 4 is 11.8 Å². The highest BCUT2D eigenvalue weighted by molar-refractivity contribution is 5.97. The van der Waals surface area contributed by atoms with Crippen molar-refractivity contribution in [1.82, 2.24) is 10.2 Å². The van der Waals surface area contributed by atoms with E-state index in [0.29, 0.717) is 19.4 Å². The maximum atomic E-state index is 12.8. The van der Waals surface area contributed by atoms with Crippen LogP contribution in [0.25, 0.3) is 0 Å². The van der Waals surface area contributed by atoms with Crippen molar-refractivity contribution in [2.24, 2.45) is 0 Å². The first-order chi connectivity index (χ1) is 9.45. The molecule has 2 heterocycles. The molecule has 0 aromatic rings. The third-order valence-electron chi connectivity index (χ3n) is 4.83. The summed E-state index contributed by atoms with van der Waals surface area (Å²) in [6.45, 7) is 8.67. The van der Waals surface area contributed by atoms with E-state index in [9.17, 15) is 9.59 Å². The summed E-state index contributed by atoms with van der Waals surface area (Å²) in [4.78, 5) is 27.0. The lowest BCUT2D eigenvalue weighted by Gasteiger charge is -2.48. The molecule has 2 amide bonds. The summed E-state index contributed by atoms with van der Waals surface area (Å²) in [5, 5.41) is 2.88. The molecule has 0 saturated carbocycles. The van der Waals surface area contributed by atoms with Crippen molar-refractivity contribution in [1.29, 1.82) is 0 Å². The topological polar surface area (TPSA) is 58.6 Å². The number of rotatable bonds is 4. The van der Waals surface area contributed by atoms with Gasteiger partial charge in [0.2, 0.25) is 11.8 Å². The summed E-state index contributed by atoms with van der Waals surface area (Å²) in [6, 6.07) is -0.746. The van der Waals surface area contributed by atoms with Crippen LogP contribution in [0, 0.1) is 0 Å². The molecule has 5 nitrogen and oxygen atoms in total. The molecule has 0 bridgehead atoms. The molecule has 0 spiro atoms. The molecule has 4 unspecified atom stereocenters. The Morgan fingerprint density at radius 1 is 1.40 bits per heavy atom. The second-order valence-electron chi connectivity index (χ2n) is 6.10. The molecule has 2 fully saturated rings. The highest BCUT2D eigenvalue weighted by atomic mass is 16.5. The quantitative estimate of drug-likeness (QED) is 0.849. The number of piperazine rings is 1. The summed E-state index contributed by atoms with van der Waals surface area (Å²) in [5.41, 5.74) is -0.374. The lowest BCUT2D eigenvalue weighted by atomic mass is 9.87. The molecule has 2 aliphatic rings. The predicted octanol–water partition coefficient (Wildman–Crippen LogP) is 1.46. The van der Waals surface area contributed by atoms with Gasteiger partial charge in [-0.05, 0) is 33.1 Å². The van der Waals surface area contributed by atoms with E-state index in [1.54, 1.807) is 0 Å². The van der Waals surface area contributed by atoms with Gasteiger partial charge in [-0.25, -0.2) is 0 Å². The van der Waals surface area contributed by atoms with E-state index in [1.807, 2.05) is 32.6 Å². The number of nitrogens with zero attached hydrogens (tertiary/aromatic N) is 1. The molecule has 2 saturated heterocycles. The van der Waals surface area contributed by atoms with E-state index in [2.05, 4.69) is 5.32 Å². The van der Waals surface area contributed by atoms with Gasteiger partial charge in [-0.15, -0.1) is 0 Å². The van der Waals surface area contributed by atoms with E-state index in [-0.39, 0.29) is 35.5 Å². The lowest BCUT2D eigenvalue weighted by Crippen LogP contribution is -2.70. The second-order valence-corrected chi connectivity index (χ2v) is 6.10. The molecule has 0 radical (unpaired) electrons. The Morgan fingerprint density at radius 2 is 2.10 bits per heavy atom. The van der Waals surface area contributed by atoms with Gasteiger partial charge in [0.05, 0.1) is 11.6 Å². The monoisotopic (exact) mass is 282 g/mol. The number of amides is 2. The van der Waals surface area contributed by atoms with E-state index in [0.717, 1.165) is 12.8 Å². The lowest BCUT2D eigenvalue weighted by molar-refractivity contribution is -0.159. The van der Waals surface area contributed by atoms with Crippen molar-refractivity contribution in [2.75, 3.05) is 6.61 Å². The summed E-state index contributed by atoms with van der Waals surface area (Å²) < 4.78 is 5.67. The maximum absolute atomic E-state index is 12.8. The highest BCUT2D eigenvalue weighted by Gasteiger charge is 2.52. The normalized spacial score (nSPS) is 38.2. The molecule has 0 aliphatic carbocycles. The number of carbonyl (C=O) groups is 2.